The molecule has 0 saturated heterocycles. The van der Waals surface area contributed by atoms with Gasteiger partial charge in [-0.1, -0.05) is 24.3 Å². The molecule has 0 aliphatic heterocycles. The van der Waals surface area contributed by atoms with Gasteiger partial charge in [-0.2, -0.15) is 18.3 Å². The van der Waals surface area contributed by atoms with Crippen LogP contribution in [0.1, 0.15) is 41.4 Å². The largest absolute Gasteiger partial charge is 0.433 e. The third-order valence-corrected chi connectivity index (χ3v) is 5.48. The molecule has 0 radical (unpaired) electrons. The first kappa shape index (κ1) is 20.4. The molecule has 0 bridgehead atoms. The Kier molecular flexibility index (Phi) is 5.05. The van der Waals surface area contributed by atoms with Gasteiger partial charge in [0.1, 0.15) is 11.3 Å². The number of nitrogens with one attached hydrogen (secondary N) is 2. The van der Waals surface area contributed by atoms with E-state index < -0.39 is 11.9 Å². The lowest BCUT2D eigenvalue weighted by atomic mass is 10.1. The third kappa shape index (κ3) is 4.03. The Morgan fingerprint density at radius 3 is 2.56 bits per heavy atom. The van der Waals surface area contributed by atoms with Crippen LogP contribution in [0.5, 0.6) is 0 Å². The first-order valence-electron chi connectivity index (χ1n) is 10.3. The summed E-state index contributed by atoms with van der Waals surface area (Å²) < 4.78 is 40.3. The molecule has 1 aromatic carbocycles. The average Bonchev–Trinajstić information content (AvgIpc) is 3.56. The second kappa shape index (κ2) is 7.90. The van der Waals surface area contributed by atoms with E-state index in [0.717, 1.165) is 35.7 Å². The van der Waals surface area contributed by atoms with E-state index in [4.69, 9.17) is 5.10 Å². The van der Waals surface area contributed by atoms with Gasteiger partial charge in [0.15, 0.2) is 0 Å². The van der Waals surface area contributed by atoms with Gasteiger partial charge < -0.3 is 10.3 Å². The van der Waals surface area contributed by atoms with Gasteiger partial charge in [0.05, 0.1) is 17.1 Å². The molecule has 0 unspecified atom stereocenters. The van der Waals surface area contributed by atoms with Gasteiger partial charge >= 0.3 is 6.18 Å². The summed E-state index contributed by atoms with van der Waals surface area (Å²) in [4.78, 5) is 19.3. The normalized spacial score (nSPS) is 14.2. The fraction of sp³-hybridized carbons (Fsp3) is 0.261. The summed E-state index contributed by atoms with van der Waals surface area (Å²) in [6.45, 7) is 0.310. The minimum absolute atomic E-state index is 0.111. The smallest absolute Gasteiger partial charge is 0.307 e. The highest BCUT2D eigenvalue weighted by atomic mass is 19.4. The van der Waals surface area contributed by atoms with E-state index in [2.05, 4.69) is 15.3 Å². The van der Waals surface area contributed by atoms with Gasteiger partial charge in [-0.15, -0.1) is 0 Å². The monoisotopic (exact) mass is 439 g/mol. The van der Waals surface area contributed by atoms with Crippen LogP contribution >= 0.6 is 0 Å². The van der Waals surface area contributed by atoms with Crippen LogP contribution in [-0.2, 0) is 19.3 Å². The van der Waals surface area contributed by atoms with Gasteiger partial charge in [0.25, 0.3) is 5.56 Å². The van der Waals surface area contributed by atoms with Gasteiger partial charge in [-0.3, -0.25) is 4.79 Å². The Hall–Kier alpha value is -3.46. The molecule has 3 aromatic heterocycles. The Bertz CT molecular complexity index is 1320. The first-order chi connectivity index (χ1) is 15.4. The van der Waals surface area contributed by atoms with Crippen LogP contribution in [0.4, 0.5) is 13.2 Å². The summed E-state index contributed by atoms with van der Waals surface area (Å²) in [6.07, 6.45) is -2.36. The quantitative estimate of drug-likeness (QED) is 0.470. The second-order valence-electron chi connectivity index (χ2n) is 7.91. The standard InChI is InChI=1S/C23H20F3N5O/c24-23(25,26)19-8-4-5-16(28-19)13-27-12-15-11-18-20(14-9-10-14)30-31(21(18)29-22(15)32)17-6-2-1-3-7-17/h1-8,11,14,27H,9-10,12-13H2,(H,29,32). The van der Waals surface area contributed by atoms with Crippen LogP contribution in [-0.4, -0.2) is 19.7 Å². The number of pyridine rings is 2. The number of alkyl halides is 3. The highest BCUT2D eigenvalue weighted by Crippen LogP contribution is 2.42. The molecular formula is C23H20F3N5O. The molecule has 3 heterocycles. The zero-order valence-electron chi connectivity index (χ0n) is 17.0. The predicted octanol–water partition coefficient (Wildman–Crippen LogP) is 4.29. The average molecular weight is 439 g/mol. The molecule has 0 amide bonds. The Morgan fingerprint density at radius 2 is 1.84 bits per heavy atom. The maximum atomic E-state index is 12.9. The highest BCUT2D eigenvalue weighted by Gasteiger charge is 2.32. The summed E-state index contributed by atoms with van der Waals surface area (Å²) in [6, 6.07) is 15.2. The van der Waals surface area contributed by atoms with Crippen molar-refractivity contribution in [1.29, 1.82) is 0 Å². The molecule has 1 aliphatic carbocycles. The lowest BCUT2D eigenvalue weighted by Gasteiger charge is -2.09. The maximum absolute atomic E-state index is 12.9. The fourth-order valence-electron chi connectivity index (χ4n) is 3.74. The molecule has 1 fully saturated rings. The Labute approximate surface area is 181 Å². The van der Waals surface area contributed by atoms with Crippen molar-refractivity contribution in [2.45, 2.75) is 38.0 Å². The van der Waals surface area contributed by atoms with Crippen LogP contribution < -0.4 is 10.9 Å². The number of hydrogen-bond acceptors (Lipinski definition) is 4. The van der Waals surface area contributed by atoms with E-state index in [1.165, 1.54) is 12.1 Å². The SMILES string of the molecule is O=c1[nH]c2c(cc1CNCc1cccc(C(F)(F)F)n1)c(C1CC1)nn2-c1ccccc1. The van der Waals surface area contributed by atoms with E-state index in [0.29, 0.717) is 17.1 Å². The van der Waals surface area contributed by atoms with E-state index in [9.17, 15) is 18.0 Å². The molecule has 0 spiro atoms. The number of rotatable bonds is 6. The molecule has 164 valence electrons. The number of aromatic amines is 1. The molecule has 2 N–H and O–H groups in total. The minimum atomic E-state index is -4.49. The molecule has 9 heteroatoms. The summed E-state index contributed by atoms with van der Waals surface area (Å²) in [5, 5.41) is 8.70. The summed E-state index contributed by atoms with van der Waals surface area (Å²) in [5.74, 6) is 0.378. The molecular weight excluding hydrogens is 419 g/mol. The van der Waals surface area contributed by atoms with Crippen molar-refractivity contribution in [3.63, 3.8) is 0 Å². The van der Waals surface area contributed by atoms with Gasteiger partial charge in [0.2, 0.25) is 0 Å². The van der Waals surface area contributed by atoms with Crippen LogP contribution in [0.15, 0.2) is 59.4 Å². The number of para-hydroxylation sites is 1. The van der Waals surface area contributed by atoms with Crippen molar-refractivity contribution in [2.24, 2.45) is 0 Å². The van der Waals surface area contributed by atoms with E-state index >= 15 is 0 Å². The van der Waals surface area contributed by atoms with E-state index in [1.54, 1.807) is 4.68 Å². The topological polar surface area (TPSA) is 75.6 Å². The molecule has 1 saturated carbocycles. The van der Waals surface area contributed by atoms with Crippen molar-refractivity contribution < 1.29 is 13.2 Å². The summed E-state index contributed by atoms with van der Waals surface area (Å²) in [7, 11) is 0. The van der Waals surface area contributed by atoms with Crippen molar-refractivity contribution in [3.05, 3.63) is 87.6 Å². The van der Waals surface area contributed by atoms with Crippen LogP contribution in [0.2, 0.25) is 0 Å². The zero-order valence-corrected chi connectivity index (χ0v) is 17.0. The number of hydrogen-bond donors (Lipinski definition) is 2. The molecule has 5 rings (SSSR count). The van der Waals surface area contributed by atoms with Crippen LogP contribution in [0.25, 0.3) is 16.7 Å². The van der Waals surface area contributed by atoms with Crippen molar-refractivity contribution >= 4 is 11.0 Å². The van der Waals surface area contributed by atoms with E-state index in [-0.39, 0.29) is 24.3 Å². The van der Waals surface area contributed by atoms with Crippen molar-refractivity contribution in [3.8, 4) is 5.69 Å². The number of nitrogens with zero attached hydrogens (tertiary/aromatic N) is 3. The number of H-pyrrole nitrogens is 1. The number of benzene rings is 1. The number of fused-ring (bicyclic) bond motifs is 1. The molecule has 6 nitrogen and oxygen atoms in total. The Morgan fingerprint density at radius 1 is 1.06 bits per heavy atom. The minimum Gasteiger partial charge on any atom is -0.307 e. The van der Waals surface area contributed by atoms with Crippen molar-refractivity contribution in [1.82, 2.24) is 25.1 Å². The number of halogens is 3. The zero-order chi connectivity index (χ0) is 22.3. The lowest BCUT2D eigenvalue weighted by molar-refractivity contribution is -0.141. The summed E-state index contributed by atoms with van der Waals surface area (Å²) >= 11 is 0. The van der Waals surface area contributed by atoms with Crippen LogP contribution in [0, 0.1) is 0 Å². The van der Waals surface area contributed by atoms with E-state index in [1.807, 2.05) is 36.4 Å². The Balaban J connectivity index is 1.41. The first-order valence-corrected chi connectivity index (χ1v) is 10.3. The number of aromatic nitrogens is 4. The molecule has 32 heavy (non-hydrogen) atoms. The predicted molar refractivity (Wildman–Crippen MR) is 113 cm³/mol. The molecule has 0 atom stereocenters. The van der Waals surface area contributed by atoms with Crippen molar-refractivity contribution in [2.75, 3.05) is 0 Å². The lowest BCUT2D eigenvalue weighted by Crippen LogP contribution is -2.22. The summed E-state index contributed by atoms with van der Waals surface area (Å²) in [5.41, 5.74) is 2.03. The molecule has 4 aromatic rings. The maximum Gasteiger partial charge on any atom is 0.433 e. The van der Waals surface area contributed by atoms with Gasteiger partial charge in [-0.05, 0) is 43.2 Å². The highest BCUT2D eigenvalue weighted by molar-refractivity contribution is 5.81. The van der Waals surface area contributed by atoms with Gasteiger partial charge in [0, 0.05) is 30.0 Å². The van der Waals surface area contributed by atoms with Gasteiger partial charge in [-0.25, -0.2) is 9.67 Å². The third-order valence-electron chi connectivity index (χ3n) is 5.48. The molecule has 1 aliphatic rings. The fourth-order valence-corrected chi connectivity index (χ4v) is 3.74. The van der Waals surface area contributed by atoms with Crippen LogP contribution in [0.3, 0.4) is 0 Å². The second-order valence-corrected chi connectivity index (χ2v) is 7.91.